The van der Waals surface area contributed by atoms with Gasteiger partial charge in [0.25, 0.3) is 11.8 Å². The van der Waals surface area contributed by atoms with E-state index < -0.39 is 30.3 Å². The third-order valence-electron chi connectivity index (χ3n) is 5.11. The summed E-state index contributed by atoms with van der Waals surface area (Å²) in [5.74, 6) is -2.63. The number of benzene rings is 2. The average molecular weight is 423 g/mol. The number of ether oxygens (including phenoxy) is 1. The van der Waals surface area contributed by atoms with E-state index in [1.807, 2.05) is 43.3 Å². The van der Waals surface area contributed by atoms with Crippen LogP contribution >= 0.6 is 0 Å². The molecule has 1 saturated heterocycles. The molecule has 3 amide bonds. The number of nitrogens with one attached hydrogen (secondary N) is 2. The van der Waals surface area contributed by atoms with Crippen LogP contribution in [0, 0.1) is 12.8 Å². The number of hydrazine groups is 1. The van der Waals surface area contributed by atoms with Gasteiger partial charge < -0.3 is 10.1 Å². The largest absolute Gasteiger partial charge is 0.455 e. The van der Waals surface area contributed by atoms with Crippen LogP contribution in [-0.4, -0.2) is 41.9 Å². The van der Waals surface area contributed by atoms with E-state index in [9.17, 15) is 19.2 Å². The molecule has 1 fully saturated rings. The van der Waals surface area contributed by atoms with E-state index in [0.717, 1.165) is 16.1 Å². The Balaban J connectivity index is 1.47. The van der Waals surface area contributed by atoms with Gasteiger partial charge in [-0.1, -0.05) is 48.5 Å². The van der Waals surface area contributed by atoms with Crippen LogP contribution in [0.1, 0.15) is 40.9 Å². The number of hydrogen-bond donors (Lipinski definition) is 2. The maximum atomic E-state index is 12.4. The average Bonchev–Trinajstić information content (AvgIpc) is 3.13. The zero-order valence-electron chi connectivity index (χ0n) is 17.5. The van der Waals surface area contributed by atoms with E-state index in [1.165, 1.54) is 0 Å². The zero-order valence-corrected chi connectivity index (χ0v) is 17.5. The molecule has 162 valence electrons. The van der Waals surface area contributed by atoms with Gasteiger partial charge in [-0.15, -0.1) is 0 Å². The van der Waals surface area contributed by atoms with Gasteiger partial charge in [-0.3, -0.25) is 29.6 Å². The van der Waals surface area contributed by atoms with Crippen LogP contribution in [0.4, 0.5) is 0 Å². The molecule has 1 aliphatic rings. The number of rotatable bonds is 7. The number of carbonyl (C=O) groups is 4. The van der Waals surface area contributed by atoms with Crippen molar-refractivity contribution in [1.82, 2.24) is 15.8 Å². The van der Waals surface area contributed by atoms with Gasteiger partial charge in [0, 0.05) is 12.0 Å². The fourth-order valence-electron chi connectivity index (χ4n) is 3.35. The van der Waals surface area contributed by atoms with Crippen molar-refractivity contribution >= 4 is 23.7 Å². The Morgan fingerprint density at radius 2 is 1.77 bits per heavy atom. The fraction of sp³-hybridized carbons (Fsp3) is 0.304. The molecule has 2 atom stereocenters. The van der Waals surface area contributed by atoms with Gasteiger partial charge in [-0.05, 0) is 31.0 Å². The Bertz CT molecular complexity index is 976. The molecular formula is C23H25N3O5. The zero-order chi connectivity index (χ0) is 22.4. The second kappa shape index (κ2) is 9.88. The Morgan fingerprint density at radius 3 is 2.48 bits per heavy atom. The molecule has 0 spiro atoms. The minimum atomic E-state index is -0.746. The van der Waals surface area contributed by atoms with Crippen LogP contribution in [-0.2, 0) is 19.1 Å². The van der Waals surface area contributed by atoms with E-state index in [1.54, 1.807) is 25.1 Å². The lowest BCUT2D eigenvalue weighted by Crippen LogP contribution is -2.43. The molecule has 1 aliphatic heterocycles. The highest BCUT2D eigenvalue weighted by molar-refractivity contribution is 5.97. The van der Waals surface area contributed by atoms with Crippen molar-refractivity contribution in [2.45, 2.75) is 26.3 Å². The maximum Gasteiger partial charge on any atom is 0.311 e. The van der Waals surface area contributed by atoms with Crippen LogP contribution in [0.15, 0.2) is 54.6 Å². The first-order valence-electron chi connectivity index (χ1n) is 10.0. The fourth-order valence-corrected chi connectivity index (χ4v) is 3.35. The van der Waals surface area contributed by atoms with Crippen molar-refractivity contribution in [2.24, 2.45) is 5.92 Å². The molecule has 0 aromatic heterocycles. The van der Waals surface area contributed by atoms with Crippen molar-refractivity contribution in [3.63, 3.8) is 0 Å². The molecule has 0 bridgehead atoms. The van der Waals surface area contributed by atoms with E-state index in [0.29, 0.717) is 5.56 Å². The number of carbonyl (C=O) groups excluding carboxylic acids is 4. The number of amides is 3. The van der Waals surface area contributed by atoms with Crippen LogP contribution in [0.2, 0.25) is 0 Å². The Hall–Kier alpha value is -3.68. The predicted octanol–water partition coefficient (Wildman–Crippen LogP) is 1.91. The van der Waals surface area contributed by atoms with Crippen molar-refractivity contribution in [3.05, 3.63) is 71.3 Å². The second-order valence-electron chi connectivity index (χ2n) is 7.47. The summed E-state index contributed by atoms with van der Waals surface area (Å²) in [6, 6.07) is 16.2. The summed E-state index contributed by atoms with van der Waals surface area (Å²) in [5.41, 5.74) is 4.70. The molecule has 0 saturated carbocycles. The number of aryl methyl sites for hydroxylation is 1. The van der Waals surface area contributed by atoms with Crippen LogP contribution in [0.25, 0.3) is 0 Å². The SMILES string of the molecule is Cc1ccccc1C(=O)NN1C[C@H](C(=O)OCC(=O)N[C@H](C)c2ccccc2)CC1=O. The highest BCUT2D eigenvalue weighted by Crippen LogP contribution is 2.18. The van der Waals surface area contributed by atoms with E-state index in [4.69, 9.17) is 4.74 Å². The molecule has 3 rings (SSSR count). The third kappa shape index (κ3) is 5.69. The lowest BCUT2D eigenvalue weighted by atomic mass is 10.1. The summed E-state index contributed by atoms with van der Waals surface area (Å²) in [6.45, 7) is 3.19. The van der Waals surface area contributed by atoms with Crippen molar-refractivity contribution in [3.8, 4) is 0 Å². The molecule has 1 heterocycles. The lowest BCUT2D eigenvalue weighted by Gasteiger charge is -2.18. The molecule has 2 N–H and O–H groups in total. The molecule has 2 aromatic rings. The quantitative estimate of drug-likeness (QED) is 0.662. The van der Waals surface area contributed by atoms with Gasteiger partial charge in [0.15, 0.2) is 6.61 Å². The van der Waals surface area contributed by atoms with Gasteiger partial charge >= 0.3 is 5.97 Å². The number of nitrogens with zero attached hydrogens (tertiary/aromatic N) is 1. The molecule has 0 aliphatic carbocycles. The van der Waals surface area contributed by atoms with Gasteiger partial charge in [0.05, 0.1) is 18.5 Å². The first-order chi connectivity index (χ1) is 14.8. The van der Waals surface area contributed by atoms with Gasteiger partial charge in [0.2, 0.25) is 5.91 Å². The van der Waals surface area contributed by atoms with Crippen LogP contribution < -0.4 is 10.7 Å². The van der Waals surface area contributed by atoms with E-state index in [-0.39, 0.29) is 24.9 Å². The monoisotopic (exact) mass is 423 g/mol. The third-order valence-corrected chi connectivity index (χ3v) is 5.11. The predicted molar refractivity (Wildman–Crippen MR) is 112 cm³/mol. The van der Waals surface area contributed by atoms with Crippen LogP contribution in [0.3, 0.4) is 0 Å². The number of esters is 1. The second-order valence-corrected chi connectivity index (χ2v) is 7.47. The van der Waals surface area contributed by atoms with Gasteiger partial charge in [0.1, 0.15) is 0 Å². The Morgan fingerprint density at radius 1 is 1.10 bits per heavy atom. The van der Waals surface area contributed by atoms with Crippen molar-refractivity contribution in [1.29, 1.82) is 0 Å². The summed E-state index contributed by atoms with van der Waals surface area (Å²) < 4.78 is 5.09. The topological polar surface area (TPSA) is 105 Å². The lowest BCUT2D eigenvalue weighted by molar-refractivity contribution is -0.152. The van der Waals surface area contributed by atoms with Gasteiger partial charge in [-0.25, -0.2) is 0 Å². The normalized spacial score (nSPS) is 16.5. The summed E-state index contributed by atoms with van der Waals surface area (Å²) in [4.78, 5) is 49.0. The smallest absolute Gasteiger partial charge is 0.311 e. The standard InChI is InChI=1S/C23H25N3O5/c1-15-8-6-7-11-19(15)22(29)25-26-13-18(12-21(26)28)23(30)31-14-20(27)24-16(2)17-9-4-3-5-10-17/h3-11,16,18H,12-14H2,1-2H3,(H,24,27)(H,25,29)/t16-,18-/m1/s1. The molecular weight excluding hydrogens is 398 g/mol. The minimum absolute atomic E-state index is 0.00265. The highest BCUT2D eigenvalue weighted by Gasteiger charge is 2.36. The molecule has 31 heavy (non-hydrogen) atoms. The summed E-state index contributed by atoms with van der Waals surface area (Å²) in [5, 5.41) is 3.88. The van der Waals surface area contributed by atoms with Crippen LogP contribution in [0.5, 0.6) is 0 Å². The molecule has 8 nitrogen and oxygen atoms in total. The van der Waals surface area contributed by atoms with Crippen molar-refractivity contribution < 1.29 is 23.9 Å². The van der Waals surface area contributed by atoms with E-state index in [2.05, 4.69) is 10.7 Å². The van der Waals surface area contributed by atoms with E-state index >= 15 is 0 Å². The molecule has 8 heteroatoms. The van der Waals surface area contributed by atoms with Crippen molar-refractivity contribution in [2.75, 3.05) is 13.2 Å². The molecule has 0 unspecified atom stereocenters. The first kappa shape index (κ1) is 22.0. The Kier molecular flexibility index (Phi) is 7.02. The minimum Gasteiger partial charge on any atom is -0.455 e. The maximum absolute atomic E-state index is 12.4. The first-order valence-corrected chi connectivity index (χ1v) is 10.0. The number of hydrogen-bond acceptors (Lipinski definition) is 5. The summed E-state index contributed by atoms with van der Waals surface area (Å²) >= 11 is 0. The highest BCUT2D eigenvalue weighted by atomic mass is 16.5. The van der Waals surface area contributed by atoms with Gasteiger partial charge in [-0.2, -0.15) is 0 Å². The summed E-state index contributed by atoms with van der Waals surface area (Å²) in [7, 11) is 0. The molecule has 2 aromatic carbocycles. The summed E-state index contributed by atoms with van der Waals surface area (Å²) in [6.07, 6.45) is -0.0884. The Labute approximate surface area is 180 Å². The molecule has 0 radical (unpaired) electrons.